The van der Waals surface area contributed by atoms with Crippen LogP contribution < -0.4 is 5.73 Å². The van der Waals surface area contributed by atoms with Crippen molar-refractivity contribution in [1.29, 1.82) is 0 Å². The summed E-state index contributed by atoms with van der Waals surface area (Å²) in [5.41, 5.74) is 5.08. The van der Waals surface area contributed by atoms with E-state index >= 15 is 0 Å². The molecule has 0 aliphatic heterocycles. The lowest BCUT2D eigenvalue weighted by Crippen LogP contribution is -2.46. The summed E-state index contributed by atoms with van der Waals surface area (Å²) in [6.07, 6.45) is -1.92. The monoisotopic (exact) mass is 266 g/mol. The van der Waals surface area contributed by atoms with E-state index in [1.54, 1.807) is 0 Å². The number of hydrogen-bond donors (Lipinski definition) is 1. The summed E-state index contributed by atoms with van der Waals surface area (Å²) < 4.78 is 37.3. The van der Waals surface area contributed by atoms with Gasteiger partial charge in [-0.2, -0.15) is 13.2 Å². The minimum atomic E-state index is -4.37. The molecule has 0 aromatic heterocycles. The molecule has 0 bridgehead atoms. The molecule has 0 radical (unpaired) electrons. The van der Waals surface area contributed by atoms with Crippen LogP contribution in [0, 0.1) is 11.3 Å². The van der Waals surface area contributed by atoms with Gasteiger partial charge in [-0.15, -0.1) is 0 Å². The highest BCUT2D eigenvalue weighted by Crippen LogP contribution is 2.43. The van der Waals surface area contributed by atoms with Gasteiger partial charge in [-0.05, 0) is 18.3 Å². The van der Waals surface area contributed by atoms with E-state index in [1.807, 2.05) is 13.8 Å². The molecule has 0 saturated heterocycles. The zero-order valence-corrected chi connectivity index (χ0v) is 10.9. The lowest BCUT2D eigenvalue weighted by atomic mass is 9.81. The van der Waals surface area contributed by atoms with Crippen molar-refractivity contribution in [1.82, 2.24) is 4.90 Å². The van der Waals surface area contributed by atoms with Crippen LogP contribution in [-0.4, -0.2) is 36.6 Å². The molecule has 1 saturated carbocycles. The molecule has 3 nitrogen and oxygen atoms in total. The standard InChI is InChI=1S/C12H21F3N2O/c1-11(2)5-3-4-9(11)10(18)17(7-6-16)8-12(13,14)15/h9H,3-8,16H2,1-2H3. The van der Waals surface area contributed by atoms with E-state index in [1.165, 1.54) is 0 Å². The van der Waals surface area contributed by atoms with Gasteiger partial charge in [0.1, 0.15) is 6.54 Å². The van der Waals surface area contributed by atoms with E-state index in [0.717, 1.165) is 17.7 Å². The Morgan fingerprint density at radius 3 is 2.44 bits per heavy atom. The number of hydrogen-bond acceptors (Lipinski definition) is 2. The van der Waals surface area contributed by atoms with Gasteiger partial charge in [0.15, 0.2) is 0 Å². The smallest absolute Gasteiger partial charge is 0.332 e. The van der Waals surface area contributed by atoms with Gasteiger partial charge < -0.3 is 10.6 Å². The highest BCUT2D eigenvalue weighted by atomic mass is 19.4. The molecule has 1 atom stereocenters. The average Bonchev–Trinajstić information content (AvgIpc) is 2.54. The minimum absolute atomic E-state index is 0.0368. The number of carbonyl (C=O) groups excluding carboxylic acids is 1. The Morgan fingerprint density at radius 2 is 2.06 bits per heavy atom. The zero-order valence-electron chi connectivity index (χ0n) is 10.9. The van der Waals surface area contributed by atoms with E-state index in [0.29, 0.717) is 6.42 Å². The maximum Gasteiger partial charge on any atom is 0.406 e. The van der Waals surface area contributed by atoms with E-state index in [4.69, 9.17) is 5.73 Å². The number of nitrogens with two attached hydrogens (primary N) is 1. The van der Waals surface area contributed by atoms with Crippen LogP contribution in [0.25, 0.3) is 0 Å². The van der Waals surface area contributed by atoms with Crippen LogP contribution in [0.2, 0.25) is 0 Å². The zero-order chi connectivity index (χ0) is 14.0. The normalized spacial score (nSPS) is 23.1. The second kappa shape index (κ2) is 5.47. The number of alkyl halides is 3. The van der Waals surface area contributed by atoms with Gasteiger partial charge in [0.25, 0.3) is 0 Å². The van der Waals surface area contributed by atoms with Crippen molar-refractivity contribution in [3.63, 3.8) is 0 Å². The fourth-order valence-electron chi connectivity index (χ4n) is 2.64. The summed E-state index contributed by atoms with van der Waals surface area (Å²) in [5, 5.41) is 0. The molecular formula is C12H21F3N2O. The molecular weight excluding hydrogens is 245 g/mol. The molecule has 106 valence electrons. The van der Waals surface area contributed by atoms with E-state index in [-0.39, 0.29) is 24.4 Å². The van der Waals surface area contributed by atoms with Crippen molar-refractivity contribution in [2.75, 3.05) is 19.6 Å². The molecule has 0 heterocycles. The summed E-state index contributed by atoms with van der Waals surface area (Å²) in [6, 6.07) is 0. The number of nitrogens with zero attached hydrogens (tertiary/aromatic N) is 1. The number of rotatable bonds is 4. The summed E-state index contributed by atoms with van der Waals surface area (Å²) in [4.78, 5) is 13.1. The Kier molecular flexibility index (Phi) is 4.64. The molecule has 1 aliphatic rings. The van der Waals surface area contributed by atoms with Crippen LogP contribution in [0.1, 0.15) is 33.1 Å². The first-order chi connectivity index (χ1) is 8.17. The van der Waals surface area contributed by atoms with Crippen molar-refractivity contribution in [2.24, 2.45) is 17.1 Å². The quantitative estimate of drug-likeness (QED) is 0.847. The van der Waals surface area contributed by atoms with Crippen LogP contribution in [0.3, 0.4) is 0 Å². The van der Waals surface area contributed by atoms with Gasteiger partial charge >= 0.3 is 6.18 Å². The van der Waals surface area contributed by atoms with Crippen LogP contribution in [0.4, 0.5) is 13.2 Å². The highest BCUT2D eigenvalue weighted by Gasteiger charge is 2.43. The first-order valence-electron chi connectivity index (χ1n) is 6.23. The minimum Gasteiger partial charge on any atom is -0.332 e. The van der Waals surface area contributed by atoms with Crippen molar-refractivity contribution in [2.45, 2.75) is 39.3 Å². The van der Waals surface area contributed by atoms with E-state index < -0.39 is 18.6 Å². The van der Waals surface area contributed by atoms with Gasteiger partial charge in [-0.25, -0.2) is 0 Å². The third-order valence-corrected chi connectivity index (χ3v) is 3.64. The topological polar surface area (TPSA) is 46.3 Å². The fraction of sp³-hybridized carbons (Fsp3) is 0.917. The van der Waals surface area contributed by atoms with E-state index in [9.17, 15) is 18.0 Å². The first kappa shape index (κ1) is 15.3. The third-order valence-electron chi connectivity index (χ3n) is 3.64. The van der Waals surface area contributed by atoms with Gasteiger partial charge in [0, 0.05) is 19.0 Å². The summed E-state index contributed by atoms with van der Waals surface area (Å²) in [5.74, 6) is -0.716. The highest BCUT2D eigenvalue weighted by molar-refractivity contribution is 5.80. The van der Waals surface area contributed by atoms with Crippen LogP contribution in [0.15, 0.2) is 0 Å². The SMILES string of the molecule is CC1(C)CCCC1C(=O)N(CCN)CC(F)(F)F. The fourth-order valence-corrected chi connectivity index (χ4v) is 2.64. The number of carbonyl (C=O) groups is 1. The second-order valence-corrected chi connectivity index (χ2v) is 5.60. The molecule has 1 rings (SSSR count). The molecule has 1 aliphatic carbocycles. The largest absolute Gasteiger partial charge is 0.406 e. The molecule has 6 heteroatoms. The lowest BCUT2D eigenvalue weighted by molar-refractivity contribution is -0.165. The molecule has 1 unspecified atom stereocenters. The Hall–Kier alpha value is -0.780. The van der Waals surface area contributed by atoms with Crippen LogP contribution in [-0.2, 0) is 4.79 Å². The second-order valence-electron chi connectivity index (χ2n) is 5.60. The Morgan fingerprint density at radius 1 is 1.44 bits per heavy atom. The lowest BCUT2D eigenvalue weighted by Gasteiger charge is -2.32. The summed E-state index contributed by atoms with van der Waals surface area (Å²) in [6.45, 7) is 2.70. The van der Waals surface area contributed by atoms with Gasteiger partial charge in [0.05, 0.1) is 0 Å². The molecule has 1 amide bonds. The van der Waals surface area contributed by atoms with Crippen molar-refractivity contribution in [3.8, 4) is 0 Å². The molecule has 0 spiro atoms. The van der Waals surface area contributed by atoms with Gasteiger partial charge in [-0.1, -0.05) is 20.3 Å². The molecule has 0 aromatic rings. The molecule has 2 N–H and O–H groups in total. The average molecular weight is 266 g/mol. The van der Waals surface area contributed by atoms with Crippen LogP contribution in [0.5, 0.6) is 0 Å². The number of amides is 1. The Balaban J connectivity index is 2.76. The van der Waals surface area contributed by atoms with Gasteiger partial charge in [0.2, 0.25) is 5.91 Å². The van der Waals surface area contributed by atoms with Gasteiger partial charge in [-0.3, -0.25) is 4.79 Å². The Bertz CT molecular complexity index is 302. The Labute approximate surface area is 106 Å². The van der Waals surface area contributed by atoms with Crippen molar-refractivity contribution in [3.05, 3.63) is 0 Å². The maximum absolute atomic E-state index is 12.4. The summed E-state index contributed by atoms with van der Waals surface area (Å²) >= 11 is 0. The first-order valence-corrected chi connectivity index (χ1v) is 6.23. The summed E-state index contributed by atoms with van der Waals surface area (Å²) in [7, 11) is 0. The predicted octanol–water partition coefficient (Wildman–Crippen LogP) is 2.16. The van der Waals surface area contributed by atoms with Crippen molar-refractivity contribution < 1.29 is 18.0 Å². The molecule has 1 fully saturated rings. The van der Waals surface area contributed by atoms with Crippen LogP contribution >= 0.6 is 0 Å². The third kappa shape index (κ3) is 3.86. The van der Waals surface area contributed by atoms with Crippen molar-refractivity contribution >= 4 is 5.91 Å². The van der Waals surface area contributed by atoms with E-state index in [2.05, 4.69) is 0 Å². The molecule has 18 heavy (non-hydrogen) atoms. The number of halogens is 3. The molecule has 0 aromatic carbocycles. The maximum atomic E-state index is 12.4. The predicted molar refractivity (Wildman–Crippen MR) is 62.8 cm³/mol.